The molecule has 3 rings (SSSR count). The molecule has 0 spiro atoms. The Morgan fingerprint density at radius 1 is 0.481 bits per heavy atom. The fraction of sp³-hybridized carbons (Fsp3) is 0.925. The summed E-state index contributed by atoms with van der Waals surface area (Å²) in [6.45, 7) is 0.971. The third-order valence-corrected chi connectivity index (χ3v) is 15.3. The van der Waals surface area contributed by atoms with E-state index in [0.29, 0.717) is 19.3 Å². The molecule has 2 aliphatic heterocycles. The number of unbranched alkanes of at least 4 members (excludes halogenated alkanes) is 21. The van der Waals surface area contributed by atoms with Crippen molar-refractivity contribution in [2.75, 3.05) is 26.4 Å². The number of hydrogen-bond donors (Lipinski definition) is 12. The van der Waals surface area contributed by atoms with Gasteiger partial charge in [0.2, 0.25) is 0 Å². The second-order valence-corrected chi connectivity index (χ2v) is 22.2. The minimum absolute atomic E-state index is 0.0493. The number of phosphoric ester groups is 1. The maximum Gasteiger partial charge on any atom is 0.472 e. The molecule has 1 saturated carbocycles. The summed E-state index contributed by atoms with van der Waals surface area (Å²) < 4.78 is 58.0. The van der Waals surface area contributed by atoms with E-state index in [4.69, 9.17) is 37.5 Å². The smallest absolute Gasteiger partial charge is 0.462 e. The van der Waals surface area contributed by atoms with Crippen LogP contribution in [0.4, 0.5) is 0 Å². The molecule has 77 heavy (non-hydrogen) atoms. The fourth-order valence-electron chi connectivity index (χ4n) is 9.53. The van der Waals surface area contributed by atoms with E-state index < -0.39 is 150 Å². The Bertz CT molecular complexity index is 1590. The normalized spacial score (nSPS) is 32.0. The predicted octanol–water partition coefficient (Wildman–Crippen LogP) is 3.15. The van der Waals surface area contributed by atoms with Gasteiger partial charge in [0.15, 0.2) is 18.7 Å². The van der Waals surface area contributed by atoms with Crippen molar-refractivity contribution in [1.82, 2.24) is 0 Å². The lowest BCUT2D eigenvalue weighted by atomic mass is 9.84. The molecule has 0 aromatic carbocycles. The summed E-state index contributed by atoms with van der Waals surface area (Å²) in [6.07, 6.45) is -5.01. The fourth-order valence-corrected chi connectivity index (χ4v) is 10.5. The number of ether oxygens (including phenoxy) is 6. The summed E-state index contributed by atoms with van der Waals surface area (Å²) >= 11 is 0. The Morgan fingerprint density at radius 2 is 0.857 bits per heavy atom. The molecule has 3 aliphatic rings. The first kappa shape index (κ1) is 69.5. The monoisotopic (exact) mass is 1130 g/mol. The number of hydrogen-bond acceptors (Lipinski definition) is 22. The lowest BCUT2D eigenvalue weighted by Gasteiger charge is -2.49. The molecule has 16 unspecified atom stereocenters. The first-order valence-electron chi connectivity index (χ1n) is 28.5. The van der Waals surface area contributed by atoms with E-state index in [2.05, 4.69) is 26.0 Å². The van der Waals surface area contributed by atoms with Crippen molar-refractivity contribution in [2.24, 2.45) is 0 Å². The third-order valence-electron chi connectivity index (χ3n) is 14.3. The van der Waals surface area contributed by atoms with Gasteiger partial charge in [0, 0.05) is 12.8 Å². The van der Waals surface area contributed by atoms with E-state index in [1.807, 2.05) is 0 Å². The molecule has 3 fully saturated rings. The van der Waals surface area contributed by atoms with Crippen LogP contribution in [0.25, 0.3) is 0 Å². The van der Waals surface area contributed by atoms with E-state index in [1.54, 1.807) is 0 Å². The molecule has 23 nitrogen and oxygen atoms in total. The van der Waals surface area contributed by atoms with Gasteiger partial charge >= 0.3 is 19.8 Å². The quantitative estimate of drug-likeness (QED) is 0.0181. The highest BCUT2D eigenvalue weighted by Gasteiger charge is 2.58. The highest BCUT2D eigenvalue weighted by Crippen LogP contribution is 2.49. The van der Waals surface area contributed by atoms with Crippen molar-refractivity contribution in [2.45, 2.75) is 285 Å². The Balaban J connectivity index is 1.73. The van der Waals surface area contributed by atoms with Crippen molar-refractivity contribution in [3.63, 3.8) is 0 Å². The van der Waals surface area contributed by atoms with Crippen LogP contribution in [0.5, 0.6) is 0 Å². The molecule has 24 heteroatoms. The number of rotatable bonds is 41. The molecule has 16 atom stereocenters. The second kappa shape index (κ2) is 38.8. The van der Waals surface area contributed by atoms with Crippen LogP contribution in [0.3, 0.4) is 0 Å². The summed E-state index contributed by atoms with van der Waals surface area (Å²) in [5.74, 6) is -1.35. The number of carbonyl (C=O) groups excluding carboxylic acids is 2. The van der Waals surface area contributed by atoms with Crippen molar-refractivity contribution in [3.8, 4) is 0 Å². The molecule has 0 bridgehead atoms. The maximum atomic E-state index is 14.0. The molecule has 2 saturated heterocycles. The van der Waals surface area contributed by atoms with Gasteiger partial charge < -0.3 is 89.5 Å². The number of phosphoric acid groups is 1. The summed E-state index contributed by atoms with van der Waals surface area (Å²) in [7, 11) is -5.63. The van der Waals surface area contributed by atoms with Crippen LogP contribution >= 0.6 is 7.82 Å². The summed E-state index contributed by atoms with van der Waals surface area (Å²) in [5.41, 5.74) is 0. The minimum atomic E-state index is -5.63. The average Bonchev–Trinajstić information content (AvgIpc) is 3.41. The standard InChI is InChI=1S/C53H97O23P/c1-3-5-7-9-11-13-15-17-19-21-23-25-27-29-38(56)69-33-35(71-39(57)30-28-26-24-22-20-18-16-14-12-10-8-6-4-2)34-70-77(67,68)76-51-49(74-52-47(65)42(60)40(58)36(31-54)72-52)45(63)44(62)46(64)50(51)75-53-48(66)43(61)41(59)37(32-55)73-53/h18,20,35-37,40-55,58-66H,3-17,19,21-34H2,1-2H3,(H,67,68)/b20-18-. The van der Waals surface area contributed by atoms with E-state index in [9.17, 15) is 75.2 Å². The first-order chi connectivity index (χ1) is 36.9. The topological polar surface area (TPSA) is 368 Å². The van der Waals surface area contributed by atoms with E-state index >= 15 is 0 Å². The van der Waals surface area contributed by atoms with Crippen LogP contribution in [0, 0.1) is 0 Å². The summed E-state index contributed by atoms with van der Waals surface area (Å²) in [5, 5.41) is 116. The van der Waals surface area contributed by atoms with Gasteiger partial charge in [-0.05, 0) is 38.5 Å². The Morgan fingerprint density at radius 3 is 1.29 bits per heavy atom. The Kier molecular flexibility index (Phi) is 35.0. The van der Waals surface area contributed by atoms with Crippen LogP contribution in [0.1, 0.15) is 181 Å². The predicted molar refractivity (Wildman–Crippen MR) is 277 cm³/mol. The Labute approximate surface area is 454 Å². The van der Waals surface area contributed by atoms with Crippen LogP contribution < -0.4 is 0 Å². The molecule has 452 valence electrons. The van der Waals surface area contributed by atoms with Gasteiger partial charge in [-0.25, -0.2) is 4.57 Å². The minimum Gasteiger partial charge on any atom is -0.462 e. The van der Waals surface area contributed by atoms with Crippen LogP contribution in [0.2, 0.25) is 0 Å². The maximum absolute atomic E-state index is 14.0. The number of allylic oxidation sites excluding steroid dienone is 2. The van der Waals surface area contributed by atoms with Gasteiger partial charge in [-0.3, -0.25) is 18.6 Å². The molecule has 0 radical (unpaired) electrons. The molecule has 12 N–H and O–H groups in total. The van der Waals surface area contributed by atoms with Gasteiger partial charge in [0.1, 0.15) is 92.1 Å². The SMILES string of the molecule is CCCCCCCC/C=C\CCCCCC(=O)OC(COC(=O)CCCCCCCCCCCCCCC)COP(=O)(O)OC1C(OC2OC(CO)C(O)C(O)C2O)C(O)C(O)C(O)C1OC1OC(CO)C(O)C(O)C1O. The number of esters is 2. The van der Waals surface area contributed by atoms with Gasteiger partial charge in [0.25, 0.3) is 0 Å². The van der Waals surface area contributed by atoms with E-state index in [-0.39, 0.29) is 12.8 Å². The van der Waals surface area contributed by atoms with Crippen molar-refractivity contribution in [3.05, 3.63) is 12.2 Å². The summed E-state index contributed by atoms with van der Waals surface area (Å²) in [6, 6.07) is 0. The van der Waals surface area contributed by atoms with Gasteiger partial charge in [-0.15, -0.1) is 0 Å². The molecule has 2 heterocycles. The number of aliphatic hydroxyl groups excluding tert-OH is 11. The lowest BCUT2D eigenvalue weighted by molar-refractivity contribution is -0.360. The molecule has 0 aromatic heterocycles. The number of aliphatic hydroxyl groups is 11. The first-order valence-corrected chi connectivity index (χ1v) is 30.0. The molecular weight excluding hydrogens is 1040 g/mol. The van der Waals surface area contributed by atoms with Crippen molar-refractivity contribution >= 4 is 19.8 Å². The van der Waals surface area contributed by atoms with Crippen LogP contribution in [-0.4, -0.2) is 204 Å². The van der Waals surface area contributed by atoms with Crippen LogP contribution in [-0.2, 0) is 51.6 Å². The lowest BCUT2D eigenvalue weighted by Crippen LogP contribution is -2.69. The highest BCUT2D eigenvalue weighted by atomic mass is 31.2. The second-order valence-electron chi connectivity index (χ2n) is 20.8. The number of carbonyl (C=O) groups is 2. The van der Waals surface area contributed by atoms with Crippen molar-refractivity contribution < 1.29 is 113 Å². The molecular formula is C53H97O23P. The summed E-state index contributed by atoms with van der Waals surface area (Å²) in [4.78, 5) is 37.4. The largest absolute Gasteiger partial charge is 0.472 e. The Hall–Kier alpha value is -1.81. The highest BCUT2D eigenvalue weighted by molar-refractivity contribution is 7.47. The van der Waals surface area contributed by atoms with Gasteiger partial charge in [-0.2, -0.15) is 0 Å². The van der Waals surface area contributed by atoms with Gasteiger partial charge in [0.05, 0.1) is 19.8 Å². The zero-order chi connectivity index (χ0) is 56.8. The zero-order valence-corrected chi connectivity index (χ0v) is 46.4. The molecule has 0 amide bonds. The van der Waals surface area contributed by atoms with Crippen molar-refractivity contribution in [1.29, 1.82) is 0 Å². The molecule has 1 aliphatic carbocycles. The average molecular weight is 1130 g/mol. The van der Waals surface area contributed by atoms with E-state index in [1.165, 1.54) is 83.5 Å². The van der Waals surface area contributed by atoms with E-state index in [0.717, 1.165) is 51.4 Å². The molecule has 0 aromatic rings. The van der Waals surface area contributed by atoms with Gasteiger partial charge in [-0.1, -0.05) is 142 Å². The van der Waals surface area contributed by atoms with Crippen LogP contribution in [0.15, 0.2) is 12.2 Å². The third kappa shape index (κ3) is 25.1. The zero-order valence-electron chi connectivity index (χ0n) is 45.5.